The fraction of sp³-hybridized carbons (Fsp3) is 0.154. The van der Waals surface area contributed by atoms with Crippen LogP contribution in [-0.2, 0) is 5.41 Å². The summed E-state index contributed by atoms with van der Waals surface area (Å²) in [5.41, 5.74) is 4.57. The molecule has 1 heterocycles. The number of rotatable bonds is 4. The van der Waals surface area contributed by atoms with Crippen molar-refractivity contribution in [3.05, 3.63) is 89.6 Å². The normalized spacial score (nSPS) is 11.5. The van der Waals surface area contributed by atoms with Crippen LogP contribution in [-0.4, -0.2) is 22.0 Å². The van der Waals surface area contributed by atoms with Crippen molar-refractivity contribution < 1.29 is 14.7 Å². The Kier molecular flexibility index (Phi) is 5.11. The lowest BCUT2D eigenvalue weighted by molar-refractivity contribution is 0.0692. The maximum absolute atomic E-state index is 12.8. The molecule has 0 atom stereocenters. The van der Waals surface area contributed by atoms with E-state index in [1.807, 2.05) is 60.7 Å². The zero-order chi connectivity index (χ0) is 22.2. The predicted molar refractivity (Wildman–Crippen MR) is 124 cm³/mol. The second kappa shape index (κ2) is 7.76. The van der Waals surface area contributed by atoms with Crippen molar-refractivity contribution in [3.8, 4) is 11.1 Å². The van der Waals surface area contributed by atoms with E-state index in [1.54, 1.807) is 12.1 Å². The fourth-order valence-electron chi connectivity index (χ4n) is 3.66. The van der Waals surface area contributed by atoms with Gasteiger partial charge in [0.25, 0.3) is 5.91 Å². The quantitative estimate of drug-likeness (QED) is 0.380. The molecule has 4 aromatic rings. The molecule has 0 unspecified atom stereocenters. The third-order valence-electron chi connectivity index (χ3n) is 5.35. The molecule has 0 aliphatic carbocycles. The van der Waals surface area contributed by atoms with Crippen LogP contribution in [0.25, 0.3) is 22.0 Å². The van der Waals surface area contributed by atoms with E-state index < -0.39 is 5.97 Å². The standard InChI is InChI=1S/C26H24N2O3/c1-26(2,3)18-11-9-17(10-12-18)24(29)27-19-13-14-21-20(15-19)22(23(28-21)25(30)31)16-7-5-4-6-8-16/h4-15,28H,1-3H3,(H,27,29)(H,30,31). The maximum Gasteiger partial charge on any atom is 0.352 e. The summed E-state index contributed by atoms with van der Waals surface area (Å²) in [6, 6.07) is 22.3. The molecule has 4 rings (SSSR count). The lowest BCUT2D eigenvalue weighted by Crippen LogP contribution is -2.14. The number of hydrogen-bond donors (Lipinski definition) is 3. The average molecular weight is 412 g/mol. The Morgan fingerprint density at radius 1 is 0.903 bits per heavy atom. The molecule has 3 N–H and O–H groups in total. The van der Waals surface area contributed by atoms with Crippen molar-refractivity contribution >= 4 is 28.5 Å². The number of aromatic amines is 1. The maximum atomic E-state index is 12.8. The number of amides is 1. The second-order valence-electron chi connectivity index (χ2n) is 8.59. The van der Waals surface area contributed by atoms with E-state index in [4.69, 9.17) is 0 Å². The highest BCUT2D eigenvalue weighted by molar-refractivity contribution is 6.10. The van der Waals surface area contributed by atoms with Gasteiger partial charge in [-0.05, 0) is 46.9 Å². The molecule has 156 valence electrons. The fourth-order valence-corrected chi connectivity index (χ4v) is 3.66. The van der Waals surface area contributed by atoms with Gasteiger partial charge in [0.15, 0.2) is 0 Å². The topological polar surface area (TPSA) is 82.2 Å². The van der Waals surface area contributed by atoms with Gasteiger partial charge in [0.05, 0.1) is 0 Å². The minimum absolute atomic E-state index is 0.0179. The number of aromatic carboxylic acids is 1. The number of fused-ring (bicyclic) bond motifs is 1. The van der Waals surface area contributed by atoms with E-state index >= 15 is 0 Å². The molecule has 0 bridgehead atoms. The van der Waals surface area contributed by atoms with Gasteiger partial charge in [-0.15, -0.1) is 0 Å². The van der Waals surface area contributed by atoms with Crippen LogP contribution in [0.15, 0.2) is 72.8 Å². The van der Waals surface area contributed by atoms with Gasteiger partial charge in [0.1, 0.15) is 5.69 Å². The van der Waals surface area contributed by atoms with Crippen LogP contribution in [0.5, 0.6) is 0 Å². The first-order chi connectivity index (χ1) is 14.7. The Hall–Kier alpha value is -3.86. The molecule has 5 heteroatoms. The Labute approximate surface area is 180 Å². The van der Waals surface area contributed by atoms with E-state index in [0.717, 1.165) is 16.5 Å². The molecule has 5 nitrogen and oxygen atoms in total. The first-order valence-corrected chi connectivity index (χ1v) is 10.1. The molecular formula is C26H24N2O3. The zero-order valence-corrected chi connectivity index (χ0v) is 17.7. The smallest absolute Gasteiger partial charge is 0.352 e. The SMILES string of the molecule is CC(C)(C)c1ccc(C(=O)Nc2ccc3[nH]c(C(=O)O)c(-c4ccccc4)c3c2)cc1. The second-order valence-corrected chi connectivity index (χ2v) is 8.59. The van der Waals surface area contributed by atoms with Crippen molar-refractivity contribution in [1.82, 2.24) is 4.98 Å². The summed E-state index contributed by atoms with van der Waals surface area (Å²) in [7, 11) is 0. The molecule has 3 aromatic carbocycles. The van der Waals surface area contributed by atoms with Gasteiger partial charge in [-0.25, -0.2) is 4.79 Å². The summed E-state index contributed by atoms with van der Waals surface area (Å²) in [5, 5.41) is 13.3. The summed E-state index contributed by atoms with van der Waals surface area (Å²) in [6.45, 7) is 6.39. The average Bonchev–Trinajstić information content (AvgIpc) is 3.13. The van der Waals surface area contributed by atoms with E-state index in [1.165, 1.54) is 0 Å². The number of hydrogen-bond acceptors (Lipinski definition) is 2. The first kappa shape index (κ1) is 20.4. The summed E-state index contributed by atoms with van der Waals surface area (Å²) in [5.74, 6) is -1.24. The zero-order valence-electron chi connectivity index (χ0n) is 17.7. The lowest BCUT2D eigenvalue weighted by atomic mass is 9.87. The van der Waals surface area contributed by atoms with E-state index in [9.17, 15) is 14.7 Å². The number of H-pyrrole nitrogens is 1. The van der Waals surface area contributed by atoms with Crippen LogP contribution in [0.4, 0.5) is 5.69 Å². The Morgan fingerprint density at radius 3 is 2.19 bits per heavy atom. The van der Waals surface area contributed by atoms with Crippen LogP contribution in [0, 0.1) is 0 Å². The van der Waals surface area contributed by atoms with Gasteiger partial charge in [0, 0.05) is 27.7 Å². The number of carbonyl (C=O) groups excluding carboxylic acids is 1. The molecule has 0 saturated heterocycles. The Balaban J connectivity index is 1.69. The van der Waals surface area contributed by atoms with Crippen molar-refractivity contribution in [2.75, 3.05) is 5.32 Å². The van der Waals surface area contributed by atoms with Gasteiger partial charge < -0.3 is 15.4 Å². The van der Waals surface area contributed by atoms with Crippen LogP contribution in [0.2, 0.25) is 0 Å². The molecule has 0 aliphatic rings. The predicted octanol–water partition coefficient (Wildman–Crippen LogP) is 6.08. The molecule has 0 radical (unpaired) electrons. The minimum Gasteiger partial charge on any atom is -0.477 e. The number of carbonyl (C=O) groups is 2. The van der Waals surface area contributed by atoms with Crippen molar-refractivity contribution in [2.45, 2.75) is 26.2 Å². The van der Waals surface area contributed by atoms with E-state index in [0.29, 0.717) is 22.3 Å². The molecule has 1 amide bonds. The molecular weight excluding hydrogens is 388 g/mol. The lowest BCUT2D eigenvalue weighted by Gasteiger charge is -2.19. The molecule has 0 spiro atoms. The first-order valence-electron chi connectivity index (χ1n) is 10.1. The molecule has 0 fully saturated rings. The van der Waals surface area contributed by atoms with Crippen LogP contribution >= 0.6 is 0 Å². The molecule has 0 aliphatic heterocycles. The van der Waals surface area contributed by atoms with E-state index in [-0.39, 0.29) is 17.0 Å². The van der Waals surface area contributed by atoms with Crippen LogP contribution < -0.4 is 5.32 Å². The van der Waals surface area contributed by atoms with Gasteiger partial charge in [0.2, 0.25) is 0 Å². The van der Waals surface area contributed by atoms with E-state index in [2.05, 4.69) is 31.1 Å². The minimum atomic E-state index is -1.03. The van der Waals surface area contributed by atoms with Gasteiger partial charge in [-0.1, -0.05) is 63.2 Å². The largest absolute Gasteiger partial charge is 0.477 e. The number of carboxylic acid groups (broad SMARTS) is 1. The van der Waals surface area contributed by atoms with Crippen LogP contribution in [0.1, 0.15) is 47.2 Å². The van der Waals surface area contributed by atoms with Gasteiger partial charge >= 0.3 is 5.97 Å². The van der Waals surface area contributed by atoms with Crippen molar-refractivity contribution in [2.24, 2.45) is 0 Å². The third-order valence-corrected chi connectivity index (χ3v) is 5.35. The van der Waals surface area contributed by atoms with Gasteiger partial charge in [-0.3, -0.25) is 4.79 Å². The highest BCUT2D eigenvalue weighted by atomic mass is 16.4. The summed E-state index contributed by atoms with van der Waals surface area (Å²) in [4.78, 5) is 27.6. The number of anilines is 1. The van der Waals surface area contributed by atoms with Crippen LogP contribution in [0.3, 0.4) is 0 Å². The number of aromatic nitrogens is 1. The van der Waals surface area contributed by atoms with Crippen molar-refractivity contribution in [3.63, 3.8) is 0 Å². The summed E-state index contributed by atoms with van der Waals surface area (Å²) >= 11 is 0. The third kappa shape index (κ3) is 4.08. The Bertz CT molecular complexity index is 1260. The molecule has 31 heavy (non-hydrogen) atoms. The number of benzene rings is 3. The number of carboxylic acids is 1. The molecule has 0 saturated carbocycles. The number of nitrogens with one attached hydrogen (secondary N) is 2. The Morgan fingerprint density at radius 2 is 1.58 bits per heavy atom. The summed E-state index contributed by atoms with van der Waals surface area (Å²) < 4.78 is 0. The highest BCUT2D eigenvalue weighted by Gasteiger charge is 2.19. The van der Waals surface area contributed by atoms with Crippen molar-refractivity contribution in [1.29, 1.82) is 0 Å². The monoisotopic (exact) mass is 412 g/mol. The molecule has 1 aromatic heterocycles. The summed E-state index contributed by atoms with van der Waals surface area (Å²) in [6.07, 6.45) is 0. The van der Waals surface area contributed by atoms with Gasteiger partial charge in [-0.2, -0.15) is 0 Å². The highest BCUT2D eigenvalue weighted by Crippen LogP contribution is 2.34.